The molecule has 1 aliphatic rings. The van der Waals surface area contributed by atoms with E-state index in [0.29, 0.717) is 54.5 Å². The lowest BCUT2D eigenvalue weighted by Crippen LogP contribution is -2.39. The van der Waals surface area contributed by atoms with Gasteiger partial charge < -0.3 is 29.9 Å². The van der Waals surface area contributed by atoms with Gasteiger partial charge in [-0.1, -0.05) is 30.7 Å². The summed E-state index contributed by atoms with van der Waals surface area (Å²) in [5.41, 5.74) is 4.05. The summed E-state index contributed by atoms with van der Waals surface area (Å²) in [7, 11) is 1.60. The van der Waals surface area contributed by atoms with Gasteiger partial charge in [0.05, 0.1) is 6.61 Å². The Morgan fingerprint density at radius 1 is 1.02 bits per heavy atom. The van der Waals surface area contributed by atoms with Crippen molar-refractivity contribution in [3.05, 3.63) is 93.5 Å². The van der Waals surface area contributed by atoms with Gasteiger partial charge in [-0.15, -0.1) is 0 Å². The van der Waals surface area contributed by atoms with Crippen LogP contribution in [0.4, 0.5) is 0 Å². The number of phenolic OH excluding ortho intramolecular Hbond substituents is 2. The Balaban J connectivity index is 1.62. The van der Waals surface area contributed by atoms with E-state index in [2.05, 4.69) is 5.32 Å². The van der Waals surface area contributed by atoms with E-state index in [-0.39, 0.29) is 35.9 Å². The number of methoxy groups -OCH3 is 1. The zero-order valence-electron chi connectivity index (χ0n) is 23.2. The normalized spacial score (nSPS) is 14.2. The van der Waals surface area contributed by atoms with E-state index < -0.39 is 0 Å². The molecule has 2 amide bonds. The number of aromatic hydroxyl groups is 2. The zero-order chi connectivity index (χ0) is 29.4. The van der Waals surface area contributed by atoms with Crippen LogP contribution in [-0.4, -0.2) is 59.8 Å². The van der Waals surface area contributed by atoms with E-state index in [4.69, 9.17) is 21.1 Å². The molecule has 3 aromatic carbocycles. The van der Waals surface area contributed by atoms with Gasteiger partial charge in [-0.3, -0.25) is 9.59 Å². The molecule has 0 heterocycles. The van der Waals surface area contributed by atoms with Gasteiger partial charge in [0.2, 0.25) is 5.91 Å². The van der Waals surface area contributed by atoms with E-state index in [1.807, 2.05) is 25.1 Å². The van der Waals surface area contributed by atoms with Gasteiger partial charge in [-0.2, -0.15) is 0 Å². The minimum absolute atomic E-state index is 0.108. The molecule has 41 heavy (non-hydrogen) atoms. The molecule has 9 heteroatoms. The topological polar surface area (TPSA) is 108 Å². The Morgan fingerprint density at radius 3 is 2.59 bits per heavy atom. The Hall–Kier alpha value is -4.01. The molecule has 0 aliphatic heterocycles. The van der Waals surface area contributed by atoms with Crippen LogP contribution in [0, 0.1) is 0 Å². The largest absolute Gasteiger partial charge is 0.504 e. The first-order valence-corrected chi connectivity index (χ1v) is 14.0. The van der Waals surface area contributed by atoms with Crippen LogP contribution in [0.1, 0.15) is 46.0 Å². The predicted molar refractivity (Wildman–Crippen MR) is 158 cm³/mol. The number of rotatable bonds is 12. The summed E-state index contributed by atoms with van der Waals surface area (Å²) < 4.78 is 11.0. The predicted octanol–water partition coefficient (Wildman–Crippen LogP) is 5.13. The van der Waals surface area contributed by atoms with Gasteiger partial charge in [0.15, 0.2) is 11.5 Å². The number of ether oxygens (including phenoxy) is 2. The minimum atomic E-state index is -0.266. The highest BCUT2D eigenvalue weighted by Gasteiger charge is 2.30. The van der Waals surface area contributed by atoms with Crippen molar-refractivity contribution in [3.8, 4) is 17.2 Å². The molecule has 0 aromatic heterocycles. The monoisotopic (exact) mass is 578 g/mol. The van der Waals surface area contributed by atoms with Gasteiger partial charge in [0.25, 0.3) is 5.91 Å². The molecule has 1 aliphatic carbocycles. The zero-order valence-corrected chi connectivity index (χ0v) is 24.0. The number of carbonyl (C=O) groups is 2. The molecule has 0 radical (unpaired) electrons. The number of amides is 2. The Labute approximate surface area is 245 Å². The van der Waals surface area contributed by atoms with E-state index >= 15 is 0 Å². The SMILES string of the molecule is CCCNC(=O)c1ccc2c(c1)CC(N(Cc1cc(Cl)ccc1OCCOC)C(=O)/C=C/c1ccc(O)c(O)c1)C2. The molecular formula is C32H35ClN2O6. The number of benzene rings is 3. The van der Waals surface area contributed by atoms with Crippen molar-refractivity contribution >= 4 is 29.5 Å². The van der Waals surface area contributed by atoms with Gasteiger partial charge in [0, 0.05) is 48.5 Å². The highest BCUT2D eigenvalue weighted by atomic mass is 35.5. The molecule has 4 rings (SSSR count). The number of hydrogen-bond donors (Lipinski definition) is 3. The maximum Gasteiger partial charge on any atom is 0.251 e. The molecule has 3 aromatic rings. The number of carbonyl (C=O) groups excluding carboxylic acids is 2. The second-order valence-corrected chi connectivity index (χ2v) is 10.4. The van der Waals surface area contributed by atoms with Crippen LogP contribution >= 0.6 is 11.6 Å². The quantitative estimate of drug-likeness (QED) is 0.156. The first-order chi connectivity index (χ1) is 19.8. The summed E-state index contributed by atoms with van der Waals surface area (Å²) in [6.07, 6.45) is 5.12. The molecule has 0 fully saturated rings. The standard InChI is InChI=1S/C32H35ClN2O6/c1-3-12-34-32(39)23-7-6-22-18-27(19-24(22)16-23)35(31(38)11-5-21-4-9-28(36)29(37)15-21)20-25-17-26(33)8-10-30(25)41-14-13-40-2/h4-11,15-17,27,36-37H,3,12-14,18-20H2,1-2H3,(H,34,39)/b11-5+. The minimum Gasteiger partial charge on any atom is -0.504 e. The third kappa shape index (κ3) is 7.80. The van der Waals surface area contributed by atoms with Crippen LogP contribution < -0.4 is 10.1 Å². The smallest absolute Gasteiger partial charge is 0.251 e. The van der Waals surface area contributed by atoms with Gasteiger partial charge in [-0.25, -0.2) is 0 Å². The van der Waals surface area contributed by atoms with Crippen LogP contribution in [0.25, 0.3) is 6.08 Å². The number of halogens is 1. The fraction of sp³-hybridized carbons (Fsp3) is 0.312. The Kier molecular flexibility index (Phi) is 10.3. The summed E-state index contributed by atoms with van der Waals surface area (Å²) in [5, 5.41) is 22.9. The fourth-order valence-corrected chi connectivity index (χ4v) is 5.02. The molecule has 0 saturated heterocycles. The number of nitrogens with zero attached hydrogens (tertiary/aromatic N) is 1. The van der Waals surface area contributed by atoms with Crippen molar-refractivity contribution in [1.29, 1.82) is 0 Å². The molecular weight excluding hydrogens is 544 g/mol. The van der Waals surface area contributed by atoms with E-state index in [0.717, 1.165) is 23.1 Å². The number of nitrogens with one attached hydrogen (secondary N) is 1. The lowest BCUT2D eigenvalue weighted by Gasteiger charge is -2.29. The number of hydrogen-bond acceptors (Lipinski definition) is 6. The summed E-state index contributed by atoms with van der Waals surface area (Å²) in [5.74, 6) is -0.231. The molecule has 0 bridgehead atoms. The molecule has 8 nitrogen and oxygen atoms in total. The van der Waals surface area contributed by atoms with Gasteiger partial charge in [0.1, 0.15) is 12.4 Å². The van der Waals surface area contributed by atoms with Crippen molar-refractivity contribution in [3.63, 3.8) is 0 Å². The summed E-state index contributed by atoms with van der Waals surface area (Å²) in [6.45, 7) is 3.63. The summed E-state index contributed by atoms with van der Waals surface area (Å²) in [6, 6.07) is 15.2. The summed E-state index contributed by atoms with van der Waals surface area (Å²) in [4.78, 5) is 28.1. The molecule has 1 atom stereocenters. The molecule has 3 N–H and O–H groups in total. The number of phenols is 2. The van der Waals surface area contributed by atoms with E-state index in [9.17, 15) is 19.8 Å². The van der Waals surface area contributed by atoms with Crippen molar-refractivity contribution in [1.82, 2.24) is 10.2 Å². The van der Waals surface area contributed by atoms with E-state index in [1.54, 1.807) is 42.4 Å². The second kappa shape index (κ2) is 14.1. The highest BCUT2D eigenvalue weighted by molar-refractivity contribution is 6.30. The first kappa shape index (κ1) is 30.0. The average Bonchev–Trinajstić information content (AvgIpc) is 3.39. The van der Waals surface area contributed by atoms with Crippen molar-refractivity contribution in [2.45, 2.75) is 38.8 Å². The second-order valence-electron chi connectivity index (χ2n) is 9.94. The van der Waals surface area contributed by atoms with Crippen LogP contribution in [-0.2, 0) is 28.9 Å². The third-order valence-electron chi connectivity index (χ3n) is 6.97. The molecule has 216 valence electrons. The van der Waals surface area contributed by atoms with Crippen LogP contribution in [0.15, 0.2) is 60.7 Å². The van der Waals surface area contributed by atoms with E-state index in [1.165, 1.54) is 18.2 Å². The van der Waals surface area contributed by atoms with Crippen LogP contribution in [0.2, 0.25) is 5.02 Å². The molecule has 1 unspecified atom stereocenters. The first-order valence-electron chi connectivity index (χ1n) is 13.6. The fourth-order valence-electron chi connectivity index (χ4n) is 4.82. The van der Waals surface area contributed by atoms with Crippen molar-refractivity contribution in [2.75, 3.05) is 26.9 Å². The molecule has 0 saturated carbocycles. The maximum atomic E-state index is 13.7. The van der Waals surface area contributed by atoms with Crippen molar-refractivity contribution < 1.29 is 29.3 Å². The van der Waals surface area contributed by atoms with Crippen LogP contribution in [0.3, 0.4) is 0 Å². The highest BCUT2D eigenvalue weighted by Crippen LogP contribution is 2.31. The average molecular weight is 579 g/mol. The lowest BCUT2D eigenvalue weighted by atomic mass is 10.1. The van der Waals surface area contributed by atoms with Gasteiger partial charge in [-0.05, 0) is 84.5 Å². The summed E-state index contributed by atoms with van der Waals surface area (Å²) >= 11 is 6.35. The Bertz CT molecular complexity index is 1420. The van der Waals surface area contributed by atoms with Crippen LogP contribution in [0.5, 0.6) is 17.2 Å². The molecule has 0 spiro atoms. The Morgan fingerprint density at radius 2 is 1.83 bits per heavy atom. The lowest BCUT2D eigenvalue weighted by molar-refractivity contribution is -0.128. The number of fused-ring (bicyclic) bond motifs is 1. The maximum absolute atomic E-state index is 13.7. The third-order valence-corrected chi connectivity index (χ3v) is 7.20. The van der Waals surface area contributed by atoms with Crippen molar-refractivity contribution in [2.24, 2.45) is 0 Å². The van der Waals surface area contributed by atoms with Gasteiger partial charge >= 0.3 is 0 Å².